The standard InChI is InChI=1S/C32H41N3O5/c1-2-3-19-35-29(36)28(24-7-5-4-6-8-24)33-31(39)32(35)17-20-34(21-18-32)22-23-9-13-26(14-10-23)40-27-15-11-25(12-16-27)30(37)38/h9-16,24,28H,2-8,17-22H2,1H3,(H,33,39)(H,37,38)/t28-/m0/s1. The van der Waals surface area contributed by atoms with E-state index in [1.165, 1.54) is 18.6 Å². The molecule has 8 nitrogen and oxygen atoms in total. The third-order valence-electron chi connectivity index (χ3n) is 8.96. The van der Waals surface area contributed by atoms with Crippen LogP contribution in [-0.2, 0) is 16.1 Å². The first-order valence-electron chi connectivity index (χ1n) is 14.8. The van der Waals surface area contributed by atoms with E-state index in [9.17, 15) is 14.4 Å². The van der Waals surface area contributed by atoms with E-state index in [1.54, 1.807) is 12.1 Å². The van der Waals surface area contributed by atoms with Crippen LogP contribution in [0.1, 0.15) is 80.6 Å². The van der Waals surface area contributed by atoms with Crippen molar-refractivity contribution in [3.8, 4) is 11.5 Å². The lowest BCUT2D eigenvalue weighted by atomic mass is 9.77. The van der Waals surface area contributed by atoms with Crippen LogP contribution in [0.3, 0.4) is 0 Å². The molecule has 2 aromatic rings. The molecule has 1 spiro atoms. The molecule has 5 rings (SSSR count). The number of hydrogen-bond acceptors (Lipinski definition) is 5. The molecule has 3 aliphatic rings. The first-order chi connectivity index (χ1) is 19.4. The average Bonchev–Trinajstić information content (AvgIpc) is 2.98. The molecule has 0 aromatic heterocycles. The SMILES string of the molecule is CCCCN1C(=O)[C@H](C2CCCCC2)NC(=O)C12CCN(Cc1ccc(Oc3ccc(C(=O)O)cc3)cc1)CC2. The lowest BCUT2D eigenvalue weighted by molar-refractivity contribution is -0.163. The van der Waals surface area contributed by atoms with Gasteiger partial charge in [-0.2, -0.15) is 0 Å². The summed E-state index contributed by atoms with van der Waals surface area (Å²) in [5.74, 6) is 0.756. The molecule has 2 N–H and O–H groups in total. The zero-order chi connectivity index (χ0) is 28.1. The van der Waals surface area contributed by atoms with Gasteiger partial charge in [0.15, 0.2) is 0 Å². The number of carboxylic acid groups (broad SMARTS) is 1. The van der Waals surface area contributed by atoms with Crippen molar-refractivity contribution in [1.82, 2.24) is 15.1 Å². The summed E-state index contributed by atoms with van der Waals surface area (Å²) in [5.41, 5.74) is 0.634. The molecule has 0 radical (unpaired) electrons. The molecule has 214 valence electrons. The van der Waals surface area contributed by atoms with Crippen molar-refractivity contribution in [3.63, 3.8) is 0 Å². The largest absolute Gasteiger partial charge is 0.478 e. The van der Waals surface area contributed by atoms with Crippen molar-refractivity contribution in [2.45, 2.75) is 82.8 Å². The summed E-state index contributed by atoms with van der Waals surface area (Å²) in [6, 6.07) is 13.9. The molecule has 1 saturated carbocycles. The molecular weight excluding hydrogens is 506 g/mol. The maximum Gasteiger partial charge on any atom is 0.335 e. The summed E-state index contributed by atoms with van der Waals surface area (Å²) in [6.07, 6.45) is 8.79. The van der Waals surface area contributed by atoms with Gasteiger partial charge in [0.1, 0.15) is 23.1 Å². The minimum absolute atomic E-state index is 0.0521. The number of amides is 2. The summed E-state index contributed by atoms with van der Waals surface area (Å²) in [6.45, 7) is 5.07. The van der Waals surface area contributed by atoms with Crippen LogP contribution in [-0.4, -0.2) is 63.9 Å². The highest BCUT2D eigenvalue weighted by atomic mass is 16.5. The fourth-order valence-corrected chi connectivity index (χ4v) is 6.57. The molecule has 2 amide bonds. The van der Waals surface area contributed by atoms with Crippen LogP contribution in [0.2, 0.25) is 0 Å². The molecule has 2 saturated heterocycles. The van der Waals surface area contributed by atoms with Gasteiger partial charge in [-0.05, 0) is 80.0 Å². The molecule has 8 heteroatoms. The molecule has 1 atom stereocenters. The van der Waals surface area contributed by atoms with Crippen molar-refractivity contribution < 1.29 is 24.2 Å². The smallest absolute Gasteiger partial charge is 0.335 e. The second-order valence-electron chi connectivity index (χ2n) is 11.6. The highest BCUT2D eigenvalue weighted by Gasteiger charge is 2.54. The van der Waals surface area contributed by atoms with Crippen molar-refractivity contribution in [3.05, 3.63) is 59.7 Å². The molecule has 2 aliphatic heterocycles. The quantitative estimate of drug-likeness (QED) is 0.447. The summed E-state index contributed by atoms with van der Waals surface area (Å²) in [5, 5.41) is 12.3. The Hall–Kier alpha value is -3.39. The summed E-state index contributed by atoms with van der Waals surface area (Å²) < 4.78 is 5.86. The number of piperazine rings is 1. The Labute approximate surface area is 236 Å². The van der Waals surface area contributed by atoms with Crippen molar-refractivity contribution >= 4 is 17.8 Å². The Kier molecular flexibility index (Phi) is 8.74. The van der Waals surface area contributed by atoms with Gasteiger partial charge >= 0.3 is 5.97 Å². The zero-order valence-corrected chi connectivity index (χ0v) is 23.4. The number of hydrogen-bond donors (Lipinski definition) is 2. The van der Waals surface area contributed by atoms with Crippen LogP contribution in [0.5, 0.6) is 11.5 Å². The van der Waals surface area contributed by atoms with Gasteiger partial charge in [0.2, 0.25) is 11.8 Å². The van der Waals surface area contributed by atoms with Crippen LogP contribution in [0, 0.1) is 5.92 Å². The topological polar surface area (TPSA) is 99.2 Å². The van der Waals surface area contributed by atoms with Crippen LogP contribution < -0.4 is 10.1 Å². The number of carbonyl (C=O) groups excluding carboxylic acids is 2. The number of likely N-dealkylation sites (tertiary alicyclic amines) is 1. The Balaban J connectivity index is 1.20. The average molecular weight is 548 g/mol. The van der Waals surface area contributed by atoms with Gasteiger partial charge in [-0.25, -0.2) is 4.79 Å². The zero-order valence-electron chi connectivity index (χ0n) is 23.4. The Morgan fingerprint density at radius 2 is 1.60 bits per heavy atom. The van der Waals surface area contributed by atoms with Crippen molar-refractivity contribution in [2.24, 2.45) is 5.92 Å². The summed E-state index contributed by atoms with van der Waals surface area (Å²) in [7, 11) is 0. The minimum atomic E-state index is -0.965. The van der Waals surface area contributed by atoms with E-state index in [0.29, 0.717) is 30.9 Å². The highest BCUT2D eigenvalue weighted by molar-refractivity contribution is 6.00. The molecular formula is C32H41N3O5. The number of piperidine rings is 1. The van der Waals surface area contributed by atoms with Gasteiger partial charge in [-0.1, -0.05) is 44.7 Å². The predicted molar refractivity (Wildman–Crippen MR) is 152 cm³/mol. The molecule has 3 fully saturated rings. The maximum absolute atomic E-state index is 13.8. The fourth-order valence-electron chi connectivity index (χ4n) is 6.57. The van der Waals surface area contributed by atoms with Crippen LogP contribution in [0.15, 0.2) is 48.5 Å². The van der Waals surface area contributed by atoms with E-state index in [0.717, 1.165) is 63.7 Å². The second-order valence-corrected chi connectivity index (χ2v) is 11.6. The lowest BCUT2D eigenvalue weighted by Gasteiger charge is -2.53. The van der Waals surface area contributed by atoms with Gasteiger partial charge < -0.3 is 20.1 Å². The molecule has 2 heterocycles. The van der Waals surface area contributed by atoms with E-state index in [1.807, 2.05) is 29.2 Å². The van der Waals surface area contributed by atoms with E-state index in [2.05, 4.69) is 17.1 Å². The van der Waals surface area contributed by atoms with Gasteiger partial charge in [0.25, 0.3) is 0 Å². The van der Waals surface area contributed by atoms with Crippen LogP contribution >= 0.6 is 0 Å². The van der Waals surface area contributed by atoms with Gasteiger partial charge in [0, 0.05) is 26.2 Å². The van der Waals surface area contributed by atoms with Crippen LogP contribution in [0.4, 0.5) is 0 Å². The normalized spacial score (nSPS) is 21.8. The van der Waals surface area contributed by atoms with Gasteiger partial charge in [0.05, 0.1) is 5.56 Å². The molecule has 0 bridgehead atoms. The number of ether oxygens (including phenoxy) is 1. The predicted octanol–water partition coefficient (Wildman–Crippen LogP) is 5.22. The van der Waals surface area contributed by atoms with Crippen molar-refractivity contribution in [1.29, 1.82) is 0 Å². The lowest BCUT2D eigenvalue weighted by Crippen LogP contribution is -2.74. The number of benzene rings is 2. The van der Waals surface area contributed by atoms with Crippen LogP contribution in [0.25, 0.3) is 0 Å². The second kappa shape index (κ2) is 12.4. The van der Waals surface area contributed by atoms with Gasteiger partial charge in [-0.3, -0.25) is 14.5 Å². The Bertz CT molecular complexity index is 1180. The number of carbonyl (C=O) groups is 3. The minimum Gasteiger partial charge on any atom is -0.478 e. The number of nitrogens with zero attached hydrogens (tertiary/aromatic N) is 2. The van der Waals surface area contributed by atoms with E-state index in [4.69, 9.17) is 9.84 Å². The number of carboxylic acids is 1. The first kappa shape index (κ1) is 28.1. The molecule has 1 aliphatic carbocycles. The molecule has 0 unspecified atom stereocenters. The number of rotatable bonds is 9. The van der Waals surface area contributed by atoms with E-state index >= 15 is 0 Å². The highest BCUT2D eigenvalue weighted by Crippen LogP contribution is 2.37. The number of nitrogens with one attached hydrogen (secondary N) is 1. The Morgan fingerprint density at radius 1 is 0.975 bits per heavy atom. The molecule has 2 aromatic carbocycles. The summed E-state index contributed by atoms with van der Waals surface area (Å²) >= 11 is 0. The van der Waals surface area contributed by atoms with Gasteiger partial charge in [-0.15, -0.1) is 0 Å². The number of unbranched alkanes of at least 4 members (excludes halogenated alkanes) is 1. The van der Waals surface area contributed by atoms with E-state index in [-0.39, 0.29) is 29.3 Å². The molecule has 40 heavy (non-hydrogen) atoms. The fraction of sp³-hybridized carbons (Fsp3) is 0.531. The van der Waals surface area contributed by atoms with E-state index < -0.39 is 11.5 Å². The number of aromatic carboxylic acids is 1. The third kappa shape index (κ3) is 6.02. The van der Waals surface area contributed by atoms with Crippen molar-refractivity contribution in [2.75, 3.05) is 19.6 Å². The first-order valence-corrected chi connectivity index (χ1v) is 14.8. The third-order valence-corrected chi connectivity index (χ3v) is 8.96. The Morgan fingerprint density at radius 3 is 2.20 bits per heavy atom. The maximum atomic E-state index is 13.8. The summed E-state index contributed by atoms with van der Waals surface area (Å²) in [4.78, 5) is 42.8. The monoisotopic (exact) mass is 547 g/mol.